The van der Waals surface area contributed by atoms with Crippen LogP contribution in [0.2, 0.25) is 10.0 Å². The standard InChI is InChI=1S/C13H16Cl2N2O3/c1-8(18)17-12(7-20-2)13(19)16-6-9-3-4-10(14)5-11(9)15/h3-5,12H,6-7H2,1-2H3,(H,16,19)(H,17,18)/t12-/m1/s1. The minimum Gasteiger partial charge on any atom is -0.382 e. The lowest BCUT2D eigenvalue weighted by molar-refractivity contribution is -0.129. The Morgan fingerprint density at radius 1 is 1.35 bits per heavy atom. The fraction of sp³-hybridized carbons (Fsp3) is 0.385. The number of methoxy groups -OCH3 is 1. The predicted molar refractivity (Wildman–Crippen MR) is 77.8 cm³/mol. The summed E-state index contributed by atoms with van der Waals surface area (Å²) < 4.78 is 4.90. The van der Waals surface area contributed by atoms with E-state index in [0.717, 1.165) is 5.56 Å². The van der Waals surface area contributed by atoms with Gasteiger partial charge in [-0.15, -0.1) is 0 Å². The summed E-state index contributed by atoms with van der Waals surface area (Å²) in [6, 6.07) is 4.29. The maximum absolute atomic E-state index is 11.9. The summed E-state index contributed by atoms with van der Waals surface area (Å²) >= 11 is 11.8. The lowest BCUT2D eigenvalue weighted by Crippen LogP contribution is -2.48. The topological polar surface area (TPSA) is 67.4 Å². The van der Waals surface area contributed by atoms with Crippen molar-refractivity contribution in [1.82, 2.24) is 10.6 Å². The third-order valence-corrected chi connectivity index (χ3v) is 3.08. The zero-order valence-corrected chi connectivity index (χ0v) is 12.7. The molecule has 0 aliphatic carbocycles. The van der Waals surface area contributed by atoms with E-state index in [1.165, 1.54) is 14.0 Å². The van der Waals surface area contributed by atoms with E-state index in [9.17, 15) is 9.59 Å². The van der Waals surface area contributed by atoms with Gasteiger partial charge in [0, 0.05) is 30.6 Å². The number of amides is 2. The van der Waals surface area contributed by atoms with E-state index in [-0.39, 0.29) is 25.0 Å². The molecule has 20 heavy (non-hydrogen) atoms. The molecule has 0 heterocycles. The minimum atomic E-state index is -0.733. The van der Waals surface area contributed by atoms with E-state index in [2.05, 4.69) is 10.6 Å². The monoisotopic (exact) mass is 318 g/mol. The molecular formula is C13H16Cl2N2O3. The molecule has 1 rings (SSSR count). The number of nitrogens with one attached hydrogen (secondary N) is 2. The summed E-state index contributed by atoms with van der Waals surface area (Å²) in [4.78, 5) is 23.0. The smallest absolute Gasteiger partial charge is 0.245 e. The molecule has 0 aliphatic heterocycles. The van der Waals surface area contributed by atoms with Crippen LogP contribution in [0.5, 0.6) is 0 Å². The van der Waals surface area contributed by atoms with Crippen LogP contribution in [0.1, 0.15) is 12.5 Å². The fourth-order valence-corrected chi connectivity index (χ4v) is 2.04. The number of carbonyl (C=O) groups is 2. The molecule has 5 nitrogen and oxygen atoms in total. The third-order valence-electron chi connectivity index (χ3n) is 2.50. The summed E-state index contributed by atoms with van der Waals surface area (Å²) in [6.07, 6.45) is 0. The van der Waals surface area contributed by atoms with Crippen molar-refractivity contribution in [1.29, 1.82) is 0 Å². The van der Waals surface area contributed by atoms with Gasteiger partial charge >= 0.3 is 0 Å². The Balaban J connectivity index is 2.62. The van der Waals surface area contributed by atoms with E-state index in [0.29, 0.717) is 10.0 Å². The van der Waals surface area contributed by atoms with Crippen molar-refractivity contribution in [2.24, 2.45) is 0 Å². The van der Waals surface area contributed by atoms with E-state index < -0.39 is 6.04 Å². The maximum Gasteiger partial charge on any atom is 0.245 e. The first kappa shape index (κ1) is 16.8. The molecule has 7 heteroatoms. The highest BCUT2D eigenvalue weighted by molar-refractivity contribution is 6.35. The Kier molecular flexibility index (Phi) is 6.78. The maximum atomic E-state index is 11.9. The number of hydrogen-bond acceptors (Lipinski definition) is 3. The molecule has 110 valence electrons. The van der Waals surface area contributed by atoms with Crippen LogP contribution in [-0.2, 0) is 20.9 Å². The van der Waals surface area contributed by atoms with E-state index >= 15 is 0 Å². The van der Waals surface area contributed by atoms with Gasteiger partial charge in [0.2, 0.25) is 11.8 Å². The van der Waals surface area contributed by atoms with E-state index in [4.69, 9.17) is 27.9 Å². The minimum absolute atomic E-state index is 0.0970. The van der Waals surface area contributed by atoms with Gasteiger partial charge in [-0.25, -0.2) is 0 Å². The number of hydrogen-bond donors (Lipinski definition) is 2. The van der Waals surface area contributed by atoms with Crippen LogP contribution in [0.25, 0.3) is 0 Å². The zero-order chi connectivity index (χ0) is 15.1. The Hall–Kier alpha value is -1.30. The second-order valence-electron chi connectivity index (χ2n) is 4.16. The number of rotatable bonds is 6. The second kappa shape index (κ2) is 8.09. The first-order valence-corrected chi connectivity index (χ1v) is 6.67. The molecule has 1 aromatic carbocycles. The number of benzene rings is 1. The Morgan fingerprint density at radius 2 is 2.05 bits per heavy atom. The second-order valence-corrected chi connectivity index (χ2v) is 5.01. The van der Waals surface area contributed by atoms with Gasteiger partial charge in [-0.05, 0) is 17.7 Å². The molecule has 0 saturated heterocycles. The van der Waals surface area contributed by atoms with Crippen molar-refractivity contribution >= 4 is 35.0 Å². The molecular weight excluding hydrogens is 303 g/mol. The van der Waals surface area contributed by atoms with Crippen molar-refractivity contribution in [3.8, 4) is 0 Å². The lowest BCUT2D eigenvalue weighted by atomic mass is 10.2. The SMILES string of the molecule is COC[C@@H](NC(C)=O)C(=O)NCc1ccc(Cl)cc1Cl. The molecule has 0 spiro atoms. The molecule has 0 radical (unpaired) electrons. The van der Waals surface area contributed by atoms with Crippen LogP contribution in [0.4, 0.5) is 0 Å². The van der Waals surface area contributed by atoms with Gasteiger partial charge in [0.25, 0.3) is 0 Å². The molecule has 0 saturated carbocycles. The molecule has 0 bridgehead atoms. The summed E-state index contributed by atoms with van der Waals surface area (Å²) in [6.45, 7) is 1.68. The van der Waals surface area contributed by atoms with E-state index in [1.54, 1.807) is 18.2 Å². The highest BCUT2D eigenvalue weighted by atomic mass is 35.5. The Morgan fingerprint density at radius 3 is 2.60 bits per heavy atom. The van der Waals surface area contributed by atoms with Gasteiger partial charge in [0.05, 0.1) is 6.61 Å². The Labute approximate surface area is 127 Å². The highest BCUT2D eigenvalue weighted by Gasteiger charge is 2.19. The molecule has 2 N–H and O–H groups in total. The van der Waals surface area contributed by atoms with Crippen LogP contribution in [0.3, 0.4) is 0 Å². The van der Waals surface area contributed by atoms with Gasteiger partial charge in [0.15, 0.2) is 0 Å². The van der Waals surface area contributed by atoms with Crippen molar-refractivity contribution in [3.05, 3.63) is 33.8 Å². The van der Waals surface area contributed by atoms with Crippen molar-refractivity contribution in [2.45, 2.75) is 19.5 Å². The van der Waals surface area contributed by atoms with Gasteiger partial charge in [-0.3, -0.25) is 9.59 Å². The van der Waals surface area contributed by atoms with Crippen LogP contribution >= 0.6 is 23.2 Å². The first-order valence-electron chi connectivity index (χ1n) is 5.91. The number of carbonyl (C=O) groups excluding carboxylic acids is 2. The zero-order valence-electron chi connectivity index (χ0n) is 11.2. The van der Waals surface area contributed by atoms with Gasteiger partial charge in [0.1, 0.15) is 6.04 Å². The number of halogens is 2. The van der Waals surface area contributed by atoms with Crippen molar-refractivity contribution in [2.75, 3.05) is 13.7 Å². The van der Waals surface area contributed by atoms with Gasteiger partial charge in [-0.1, -0.05) is 29.3 Å². The number of ether oxygens (including phenoxy) is 1. The van der Waals surface area contributed by atoms with Crippen LogP contribution < -0.4 is 10.6 Å². The Bertz CT molecular complexity index is 495. The molecule has 2 amide bonds. The van der Waals surface area contributed by atoms with Crippen molar-refractivity contribution in [3.63, 3.8) is 0 Å². The fourth-order valence-electron chi connectivity index (χ4n) is 1.57. The first-order chi connectivity index (χ1) is 9.43. The molecule has 0 fully saturated rings. The van der Waals surface area contributed by atoms with Gasteiger partial charge < -0.3 is 15.4 Å². The summed E-state index contributed by atoms with van der Waals surface area (Å²) in [5.41, 5.74) is 0.739. The average Bonchev–Trinajstić information content (AvgIpc) is 2.36. The molecule has 1 atom stereocenters. The van der Waals surface area contributed by atoms with E-state index in [1.807, 2.05) is 0 Å². The highest BCUT2D eigenvalue weighted by Crippen LogP contribution is 2.20. The van der Waals surface area contributed by atoms with Gasteiger partial charge in [-0.2, -0.15) is 0 Å². The third kappa shape index (κ3) is 5.36. The van der Waals surface area contributed by atoms with Crippen LogP contribution in [-0.4, -0.2) is 31.6 Å². The average molecular weight is 319 g/mol. The predicted octanol–water partition coefficient (Wildman–Crippen LogP) is 1.76. The molecule has 0 aromatic heterocycles. The molecule has 0 aliphatic rings. The van der Waals surface area contributed by atoms with Crippen LogP contribution in [0, 0.1) is 0 Å². The summed E-state index contributed by atoms with van der Waals surface area (Å²) in [5, 5.41) is 6.20. The van der Waals surface area contributed by atoms with Crippen LogP contribution in [0.15, 0.2) is 18.2 Å². The quantitative estimate of drug-likeness (QED) is 0.840. The normalized spacial score (nSPS) is 11.8. The summed E-state index contributed by atoms with van der Waals surface area (Å²) in [7, 11) is 1.46. The summed E-state index contributed by atoms with van der Waals surface area (Å²) in [5.74, 6) is -0.639. The molecule has 0 unspecified atom stereocenters. The lowest BCUT2D eigenvalue weighted by Gasteiger charge is -2.17. The van der Waals surface area contributed by atoms with Crippen molar-refractivity contribution < 1.29 is 14.3 Å². The largest absolute Gasteiger partial charge is 0.382 e. The molecule has 1 aromatic rings.